The first kappa shape index (κ1) is 25.0. The number of benzene rings is 2. The fourth-order valence-corrected chi connectivity index (χ4v) is 5.31. The van der Waals surface area contributed by atoms with Gasteiger partial charge in [0, 0.05) is 12.3 Å². The van der Waals surface area contributed by atoms with Crippen molar-refractivity contribution in [3.63, 3.8) is 0 Å². The number of sulfone groups is 1. The number of carboxylic acids is 1. The monoisotopic (exact) mass is 510 g/mol. The first-order valence-electron chi connectivity index (χ1n) is 7.85. The van der Waals surface area contributed by atoms with Crippen molar-refractivity contribution in [2.75, 3.05) is 13.4 Å². The molecule has 0 radical (unpaired) electrons. The van der Waals surface area contributed by atoms with E-state index >= 15 is 0 Å². The Kier molecular flexibility index (Phi) is 5.77. The SMILES string of the molecule is COS(=O)c1ccc(Oc2cc(C)c(C(=O)O)cc2S(C)(=O)=O)cc1S(F)(F)(F)(F)F. The summed E-state index contributed by atoms with van der Waals surface area (Å²) in [5.74, 6) is -2.91. The number of aromatic carboxylic acids is 1. The van der Waals surface area contributed by atoms with Crippen LogP contribution in [0.1, 0.15) is 15.9 Å². The Hall–Kier alpha value is -2.23. The highest BCUT2D eigenvalue weighted by Gasteiger charge is 2.67. The van der Waals surface area contributed by atoms with Gasteiger partial charge in [0.2, 0.25) is 0 Å². The number of ether oxygens (including phenoxy) is 1. The highest BCUT2D eigenvalue weighted by molar-refractivity contribution is 8.45. The number of halogens is 5. The highest BCUT2D eigenvalue weighted by Crippen LogP contribution is 3.02. The summed E-state index contributed by atoms with van der Waals surface area (Å²) >= 11 is -2.87. The molecule has 0 heterocycles. The summed E-state index contributed by atoms with van der Waals surface area (Å²) in [6, 6.07) is 2.75. The molecular formula is C16H15F5O7S3. The van der Waals surface area contributed by atoms with Gasteiger partial charge in [0.1, 0.15) is 21.3 Å². The molecule has 0 fully saturated rings. The average molecular weight is 510 g/mol. The van der Waals surface area contributed by atoms with E-state index in [1.165, 1.54) is 6.92 Å². The van der Waals surface area contributed by atoms with E-state index < -0.39 is 68.9 Å². The second-order valence-corrected chi connectivity index (χ2v) is 11.9. The molecule has 0 spiro atoms. The maximum atomic E-state index is 13.5. The Morgan fingerprint density at radius 1 is 1.10 bits per heavy atom. The maximum absolute atomic E-state index is 13.5. The summed E-state index contributed by atoms with van der Waals surface area (Å²) in [6.45, 7) is 1.27. The number of rotatable bonds is 7. The Morgan fingerprint density at radius 2 is 1.68 bits per heavy atom. The van der Waals surface area contributed by atoms with Crippen LogP contribution in [0, 0.1) is 6.92 Å². The predicted molar refractivity (Wildman–Crippen MR) is 103 cm³/mol. The second kappa shape index (κ2) is 7.15. The second-order valence-electron chi connectivity index (χ2n) is 6.27. The molecule has 0 bridgehead atoms. The van der Waals surface area contributed by atoms with Crippen LogP contribution in [0.2, 0.25) is 0 Å². The van der Waals surface area contributed by atoms with E-state index in [1.807, 2.05) is 0 Å². The van der Waals surface area contributed by atoms with Crippen LogP contribution in [0.15, 0.2) is 45.0 Å². The van der Waals surface area contributed by atoms with Crippen LogP contribution in [0.3, 0.4) is 0 Å². The predicted octanol–water partition coefficient (Wildman–Crippen LogP) is 5.22. The third-order valence-corrected chi connectivity index (χ3v) is 7.24. The molecule has 7 nitrogen and oxygen atoms in total. The van der Waals surface area contributed by atoms with Crippen LogP contribution < -0.4 is 4.74 Å². The van der Waals surface area contributed by atoms with Crippen LogP contribution >= 0.6 is 10.2 Å². The number of hydrogen-bond acceptors (Lipinski definition) is 6. The Balaban J connectivity index is 2.75. The molecule has 2 aromatic rings. The minimum atomic E-state index is -10.4. The molecular weight excluding hydrogens is 495 g/mol. The van der Waals surface area contributed by atoms with E-state index in [0.717, 1.165) is 25.3 Å². The average Bonchev–Trinajstić information content (AvgIpc) is 2.57. The summed E-state index contributed by atoms with van der Waals surface area (Å²) in [5, 5.41) is 9.14. The van der Waals surface area contributed by atoms with Crippen molar-refractivity contribution < 1.29 is 50.9 Å². The molecule has 15 heteroatoms. The maximum Gasteiger partial charge on any atom is 0.335 e. The summed E-state index contributed by atoms with van der Waals surface area (Å²) in [4.78, 5) is 6.68. The van der Waals surface area contributed by atoms with Gasteiger partial charge in [0.05, 0.1) is 17.6 Å². The van der Waals surface area contributed by atoms with Crippen molar-refractivity contribution in [2.24, 2.45) is 0 Å². The fraction of sp³-hybridized carbons (Fsp3) is 0.188. The molecule has 0 aliphatic carbocycles. The molecule has 1 N–H and O–H groups in total. The fourth-order valence-electron chi connectivity index (χ4n) is 2.47. The van der Waals surface area contributed by atoms with Crippen molar-refractivity contribution in [3.05, 3.63) is 41.5 Å². The molecule has 31 heavy (non-hydrogen) atoms. The zero-order chi connectivity index (χ0) is 24.1. The lowest BCUT2D eigenvalue weighted by Crippen LogP contribution is -2.11. The first-order chi connectivity index (χ1) is 13.7. The molecule has 0 saturated heterocycles. The lowest BCUT2D eigenvalue weighted by molar-refractivity contribution is 0.0695. The third kappa shape index (κ3) is 5.72. The van der Waals surface area contributed by atoms with Crippen LogP contribution in [0.25, 0.3) is 0 Å². The van der Waals surface area contributed by atoms with Gasteiger partial charge in [-0.2, -0.15) is 0 Å². The quantitative estimate of drug-likeness (QED) is 0.509. The van der Waals surface area contributed by atoms with Gasteiger partial charge < -0.3 is 9.84 Å². The number of hydrogen-bond donors (Lipinski definition) is 1. The van der Waals surface area contributed by atoms with E-state index in [9.17, 15) is 36.9 Å². The number of aryl methyl sites for hydroxylation is 1. The summed E-state index contributed by atoms with van der Waals surface area (Å²) in [7, 11) is -13.8. The molecule has 0 aliphatic heterocycles. The van der Waals surface area contributed by atoms with Gasteiger partial charge in [-0.25, -0.2) is 17.4 Å². The molecule has 0 saturated carbocycles. The molecule has 0 amide bonds. The van der Waals surface area contributed by atoms with Gasteiger partial charge in [0.25, 0.3) is 0 Å². The molecule has 174 valence electrons. The summed E-state index contributed by atoms with van der Waals surface area (Å²) in [6.07, 6.45) is 0.696. The number of carbonyl (C=O) groups is 1. The van der Waals surface area contributed by atoms with E-state index in [0.29, 0.717) is 12.3 Å². The Morgan fingerprint density at radius 3 is 2.13 bits per heavy atom. The van der Waals surface area contributed by atoms with Gasteiger partial charge in [0.15, 0.2) is 20.9 Å². The van der Waals surface area contributed by atoms with Crippen molar-refractivity contribution >= 4 is 37.1 Å². The third-order valence-electron chi connectivity index (χ3n) is 3.81. The van der Waals surface area contributed by atoms with Gasteiger partial charge in [-0.1, -0.05) is 19.4 Å². The normalized spacial score (nSPS) is 15.6. The largest absolute Gasteiger partial charge is 0.478 e. The smallest absolute Gasteiger partial charge is 0.335 e. The minimum Gasteiger partial charge on any atom is -0.478 e. The molecule has 0 aromatic heterocycles. The molecule has 2 rings (SSSR count). The minimum absolute atomic E-state index is 0.0000518. The first-order valence-corrected chi connectivity index (χ1v) is 12.8. The highest BCUT2D eigenvalue weighted by atomic mass is 32.5. The van der Waals surface area contributed by atoms with Crippen molar-refractivity contribution in [1.29, 1.82) is 0 Å². The van der Waals surface area contributed by atoms with Crippen molar-refractivity contribution in [3.8, 4) is 11.5 Å². The Bertz CT molecular complexity index is 1210. The van der Waals surface area contributed by atoms with E-state index in [1.54, 1.807) is 0 Å². The van der Waals surface area contributed by atoms with Gasteiger partial charge in [-0.3, -0.25) is 4.18 Å². The zero-order valence-corrected chi connectivity index (χ0v) is 18.3. The van der Waals surface area contributed by atoms with Crippen LogP contribution in [-0.4, -0.2) is 37.1 Å². The van der Waals surface area contributed by atoms with Crippen LogP contribution in [-0.2, 0) is 25.1 Å². The van der Waals surface area contributed by atoms with E-state index in [-0.39, 0.29) is 11.6 Å². The summed E-state index contributed by atoms with van der Waals surface area (Å²) in [5.41, 5.74) is -0.411. The Labute approximate surface area is 176 Å². The lowest BCUT2D eigenvalue weighted by Gasteiger charge is -2.41. The van der Waals surface area contributed by atoms with Gasteiger partial charge >= 0.3 is 16.2 Å². The zero-order valence-electron chi connectivity index (χ0n) is 15.9. The van der Waals surface area contributed by atoms with Crippen molar-refractivity contribution in [2.45, 2.75) is 21.6 Å². The molecule has 0 aliphatic rings. The lowest BCUT2D eigenvalue weighted by atomic mass is 10.1. The van der Waals surface area contributed by atoms with Crippen LogP contribution in [0.4, 0.5) is 19.4 Å². The summed E-state index contributed by atoms with van der Waals surface area (Å²) < 4.78 is 112. The molecule has 1 unspecified atom stereocenters. The molecule has 1 atom stereocenters. The molecule has 2 aromatic carbocycles. The van der Waals surface area contributed by atoms with Crippen LogP contribution in [0.5, 0.6) is 11.5 Å². The van der Waals surface area contributed by atoms with Gasteiger partial charge in [-0.15, -0.1) is 0 Å². The van der Waals surface area contributed by atoms with Gasteiger partial charge in [-0.05, 0) is 36.8 Å². The number of carboxylic acid groups (broad SMARTS) is 1. The van der Waals surface area contributed by atoms with Crippen molar-refractivity contribution in [1.82, 2.24) is 0 Å². The van der Waals surface area contributed by atoms with E-state index in [2.05, 4.69) is 4.18 Å². The van der Waals surface area contributed by atoms with E-state index in [4.69, 9.17) is 9.84 Å². The topological polar surface area (TPSA) is 107 Å². The standard InChI is InChI=1S/C16H15F5O7S3/c1-9-6-12(14(30(3,25)26)8-11(9)16(22)23)28-10-4-5-13(29(24)27-2)15(7-10)31(17,18,19,20)21/h4-8H,1-3H3,(H,22,23).